The lowest BCUT2D eigenvalue weighted by molar-refractivity contribution is -0.384. The lowest BCUT2D eigenvalue weighted by atomic mass is 10.2. The van der Waals surface area contributed by atoms with Crippen molar-refractivity contribution >= 4 is 49.0 Å². The van der Waals surface area contributed by atoms with Crippen LogP contribution in [0.5, 0.6) is 0 Å². The van der Waals surface area contributed by atoms with E-state index in [9.17, 15) is 28.1 Å². The number of carbonyl (C=O) groups excluding carboxylic acids is 2. The van der Waals surface area contributed by atoms with Crippen LogP contribution in [0.4, 0.5) is 5.69 Å². The molecule has 0 N–H and O–H groups in total. The van der Waals surface area contributed by atoms with Crippen molar-refractivity contribution in [2.24, 2.45) is 4.99 Å². The molecule has 1 amide bonds. The normalized spacial score (nSPS) is 12.1. The summed E-state index contributed by atoms with van der Waals surface area (Å²) in [6.07, 6.45) is 1.06. The number of esters is 1. The van der Waals surface area contributed by atoms with Gasteiger partial charge in [-0.25, -0.2) is 8.42 Å². The van der Waals surface area contributed by atoms with E-state index in [0.717, 1.165) is 17.6 Å². The highest BCUT2D eigenvalue weighted by Crippen LogP contribution is 2.23. The molecule has 0 aliphatic carbocycles. The van der Waals surface area contributed by atoms with Crippen molar-refractivity contribution in [3.8, 4) is 0 Å². The Labute approximate surface area is 174 Å². The van der Waals surface area contributed by atoms with Crippen molar-refractivity contribution in [1.29, 1.82) is 0 Å². The Balaban J connectivity index is 2.12. The third-order valence-corrected chi connectivity index (χ3v) is 6.31. The summed E-state index contributed by atoms with van der Waals surface area (Å²) in [7, 11) is -2.21. The molecular formula is C18H15N3O7S2. The number of nitro groups is 1. The highest BCUT2D eigenvalue weighted by molar-refractivity contribution is 7.90. The van der Waals surface area contributed by atoms with E-state index in [-0.39, 0.29) is 27.5 Å². The molecule has 0 aliphatic heterocycles. The molecule has 1 heterocycles. The average Bonchev–Trinajstić information content (AvgIpc) is 3.03. The summed E-state index contributed by atoms with van der Waals surface area (Å²) in [4.78, 5) is 39.2. The number of hydrogen-bond acceptors (Lipinski definition) is 8. The molecule has 3 aromatic rings. The lowest BCUT2D eigenvalue weighted by Gasteiger charge is -2.04. The lowest BCUT2D eigenvalue weighted by Crippen LogP contribution is -2.22. The number of hydrogen-bond donors (Lipinski definition) is 0. The molecule has 0 aliphatic rings. The zero-order chi connectivity index (χ0) is 22.1. The number of carbonyl (C=O) groups is 2. The van der Waals surface area contributed by atoms with Gasteiger partial charge in [-0.15, -0.1) is 0 Å². The molecule has 3 rings (SSSR count). The topological polar surface area (TPSA) is 138 Å². The molecule has 156 valence electrons. The Kier molecular flexibility index (Phi) is 5.80. The van der Waals surface area contributed by atoms with Gasteiger partial charge in [0.2, 0.25) is 0 Å². The second kappa shape index (κ2) is 8.16. The predicted molar refractivity (Wildman–Crippen MR) is 108 cm³/mol. The Morgan fingerprint density at radius 1 is 1.20 bits per heavy atom. The maximum absolute atomic E-state index is 12.6. The van der Waals surface area contributed by atoms with Crippen LogP contribution in [0.25, 0.3) is 10.2 Å². The van der Waals surface area contributed by atoms with Crippen LogP contribution >= 0.6 is 11.3 Å². The van der Waals surface area contributed by atoms with E-state index in [1.54, 1.807) is 0 Å². The number of fused-ring (bicyclic) bond motifs is 1. The zero-order valence-electron chi connectivity index (χ0n) is 15.8. The van der Waals surface area contributed by atoms with Crippen molar-refractivity contribution in [2.75, 3.05) is 13.4 Å². The molecule has 0 atom stereocenters. The number of aromatic nitrogens is 1. The number of methoxy groups -OCH3 is 1. The average molecular weight is 449 g/mol. The molecule has 0 saturated carbocycles. The second-order valence-corrected chi connectivity index (χ2v) is 9.19. The van der Waals surface area contributed by atoms with E-state index in [0.29, 0.717) is 10.2 Å². The number of thiazole rings is 1. The fraction of sp³-hybridized carbons (Fsp3) is 0.167. The van der Waals surface area contributed by atoms with E-state index in [1.807, 2.05) is 0 Å². The molecule has 30 heavy (non-hydrogen) atoms. The first-order valence-electron chi connectivity index (χ1n) is 8.34. The van der Waals surface area contributed by atoms with E-state index < -0.39 is 26.6 Å². The summed E-state index contributed by atoms with van der Waals surface area (Å²) in [6, 6.07) is 9.39. The third kappa shape index (κ3) is 4.44. The quantitative estimate of drug-likeness (QED) is 0.329. The largest absolute Gasteiger partial charge is 0.468 e. The van der Waals surface area contributed by atoms with Crippen molar-refractivity contribution in [2.45, 2.75) is 11.4 Å². The first-order valence-corrected chi connectivity index (χ1v) is 11.0. The third-order valence-electron chi connectivity index (χ3n) is 4.12. The number of sulfone groups is 1. The van der Waals surface area contributed by atoms with E-state index in [2.05, 4.69) is 9.73 Å². The van der Waals surface area contributed by atoms with Gasteiger partial charge < -0.3 is 9.30 Å². The van der Waals surface area contributed by atoms with Crippen LogP contribution < -0.4 is 4.80 Å². The fourth-order valence-electron chi connectivity index (χ4n) is 2.60. The molecule has 0 fully saturated rings. The van der Waals surface area contributed by atoms with Gasteiger partial charge in [-0.3, -0.25) is 19.7 Å². The molecule has 0 unspecified atom stereocenters. The zero-order valence-corrected chi connectivity index (χ0v) is 17.4. The van der Waals surface area contributed by atoms with Gasteiger partial charge in [0.05, 0.1) is 27.1 Å². The SMILES string of the molecule is COC(=O)Cn1c(=NC(=O)c2ccc(S(C)(=O)=O)cc2)sc2ccc([N+](=O)[O-])cc21. The van der Waals surface area contributed by atoms with Crippen molar-refractivity contribution in [3.05, 3.63) is 62.9 Å². The summed E-state index contributed by atoms with van der Waals surface area (Å²) in [5.41, 5.74) is 0.335. The molecule has 0 spiro atoms. The molecular weight excluding hydrogens is 434 g/mol. The Hall–Kier alpha value is -3.38. The minimum atomic E-state index is -3.41. The van der Waals surface area contributed by atoms with Crippen LogP contribution in [0.1, 0.15) is 10.4 Å². The van der Waals surface area contributed by atoms with Gasteiger partial charge in [0.25, 0.3) is 11.6 Å². The van der Waals surface area contributed by atoms with Crippen LogP contribution in [0.15, 0.2) is 52.4 Å². The number of nitrogens with zero attached hydrogens (tertiary/aromatic N) is 3. The highest BCUT2D eigenvalue weighted by Gasteiger charge is 2.16. The maximum Gasteiger partial charge on any atom is 0.325 e. The molecule has 0 saturated heterocycles. The van der Waals surface area contributed by atoms with Crippen molar-refractivity contribution in [3.63, 3.8) is 0 Å². The van der Waals surface area contributed by atoms with E-state index in [4.69, 9.17) is 0 Å². The smallest absolute Gasteiger partial charge is 0.325 e. The van der Waals surface area contributed by atoms with Gasteiger partial charge in [0, 0.05) is 24.0 Å². The number of rotatable bonds is 5. The van der Waals surface area contributed by atoms with Gasteiger partial charge in [-0.2, -0.15) is 4.99 Å². The van der Waals surface area contributed by atoms with Crippen molar-refractivity contribution in [1.82, 2.24) is 4.57 Å². The first kappa shape index (κ1) is 21.3. The second-order valence-electron chi connectivity index (χ2n) is 6.17. The molecule has 0 radical (unpaired) electrons. The van der Waals surface area contributed by atoms with Crippen LogP contribution in [0, 0.1) is 10.1 Å². The van der Waals surface area contributed by atoms with Gasteiger partial charge in [-0.05, 0) is 30.3 Å². The summed E-state index contributed by atoms with van der Waals surface area (Å²) >= 11 is 1.08. The van der Waals surface area contributed by atoms with Crippen LogP contribution in [-0.2, 0) is 25.9 Å². The summed E-state index contributed by atoms with van der Waals surface area (Å²) in [5.74, 6) is -1.28. The first-order chi connectivity index (χ1) is 14.1. The summed E-state index contributed by atoms with van der Waals surface area (Å²) in [5, 5.41) is 11.1. The Bertz CT molecular complexity index is 1340. The number of amides is 1. The molecule has 1 aromatic heterocycles. The monoisotopic (exact) mass is 449 g/mol. The number of ether oxygens (including phenoxy) is 1. The summed E-state index contributed by atoms with van der Waals surface area (Å²) in [6.45, 7) is -0.295. The van der Waals surface area contributed by atoms with Gasteiger partial charge >= 0.3 is 5.97 Å². The Morgan fingerprint density at radius 3 is 2.43 bits per heavy atom. The minimum absolute atomic E-state index is 0.0639. The number of benzene rings is 2. The number of non-ortho nitro benzene ring substituents is 1. The molecule has 12 heteroatoms. The maximum atomic E-state index is 12.6. The van der Waals surface area contributed by atoms with Crippen LogP contribution in [0.2, 0.25) is 0 Å². The van der Waals surface area contributed by atoms with Gasteiger partial charge in [0.15, 0.2) is 14.6 Å². The van der Waals surface area contributed by atoms with Crippen molar-refractivity contribution < 1.29 is 27.7 Å². The Morgan fingerprint density at radius 2 is 1.87 bits per heavy atom. The molecule has 0 bridgehead atoms. The van der Waals surface area contributed by atoms with Crippen LogP contribution in [-0.4, -0.2) is 43.2 Å². The predicted octanol–water partition coefficient (Wildman–Crippen LogP) is 1.93. The van der Waals surface area contributed by atoms with E-state index in [1.165, 1.54) is 54.1 Å². The highest BCUT2D eigenvalue weighted by atomic mass is 32.2. The molecule has 10 nitrogen and oxygen atoms in total. The minimum Gasteiger partial charge on any atom is -0.468 e. The van der Waals surface area contributed by atoms with Crippen LogP contribution in [0.3, 0.4) is 0 Å². The number of nitro benzene ring substituents is 1. The van der Waals surface area contributed by atoms with Gasteiger partial charge in [0.1, 0.15) is 6.54 Å². The molecule has 2 aromatic carbocycles. The fourth-order valence-corrected chi connectivity index (χ4v) is 4.24. The van der Waals surface area contributed by atoms with E-state index >= 15 is 0 Å². The van der Waals surface area contributed by atoms with Gasteiger partial charge in [-0.1, -0.05) is 11.3 Å². The standard InChI is InChI=1S/C18H15N3O7S2/c1-28-16(22)10-20-14-9-12(21(24)25)5-8-15(14)29-18(20)19-17(23)11-3-6-13(7-4-11)30(2,26)27/h3-9H,10H2,1-2H3. The summed E-state index contributed by atoms with van der Waals surface area (Å²) < 4.78 is 29.7.